The number of nitrogen functional groups attached to an aromatic ring is 1. The Kier molecular flexibility index (Phi) is 13.8. The molecule has 0 saturated carbocycles. The molecule has 0 aliphatic rings. The third-order valence-corrected chi connectivity index (χ3v) is 5.93. The molecule has 0 heterocycles. The lowest BCUT2D eigenvalue weighted by Crippen LogP contribution is -1.95. The van der Waals surface area contributed by atoms with E-state index in [1.54, 1.807) is 28.4 Å². The van der Waals surface area contributed by atoms with Crippen LogP contribution in [-0.4, -0.2) is 28.4 Å². The highest BCUT2D eigenvalue weighted by molar-refractivity contribution is 5.55. The molecule has 0 aliphatic carbocycles. The molecule has 0 amide bonds. The van der Waals surface area contributed by atoms with Crippen LogP contribution in [0.1, 0.15) is 22.3 Å². The molecule has 0 saturated heterocycles. The fourth-order valence-electron chi connectivity index (χ4n) is 3.86. The molecular formula is C32H38N6O4. The van der Waals surface area contributed by atoms with Gasteiger partial charge >= 0.3 is 0 Å². The Hall–Kier alpha value is -4.48. The minimum atomic E-state index is 0.454. The van der Waals surface area contributed by atoms with E-state index < -0.39 is 0 Å². The summed E-state index contributed by atoms with van der Waals surface area (Å²) >= 11 is 0. The Morgan fingerprint density at radius 1 is 0.548 bits per heavy atom. The van der Waals surface area contributed by atoms with Crippen LogP contribution >= 0.6 is 0 Å². The van der Waals surface area contributed by atoms with E-state index in [1.807, 2.05) is 91.0 Å². The second-order valence-electron chi connectivity index (χ2n) is 9.04. The van der Waals surface area contributed by atoms with Crippen LogP contribution < -0.4 is 11.2 Å². The van der Waals surface area contributed by atoms with Crippen molar-refractivity contribution < 1.29 is 18.9 Å². The Balaban J connectivity index is 0.000000230. The summed E-state index contributed by atoms with van der Waals surface area (Å²) in [6.07, 6.45) is 0. The van der Waals surface area contributed by atoms with E-state index in [2.05, 4.69) is 26.0 Å². The molecule has 0 spiro atoms. The summed E-state index contributed by atoms with van der Waals surface area (Å²) in [5, 5.41) is 16.8. The third kappa shape index (κ3) is 10.2. The summed E-state index contributed by atoms with van der Waals surface area (Å²) < 4.78 is 20.6. The van der Waals surface area contributed by atoms with E-state index in [0.29, 0.717) is 32.1 Å². The zero-order valence-electron chi connectivity index (χ0n) is 24.5. The first-order valence-electron chi connectivity index (χ1n) is 13.3. The lowest BCUT2D eigenvalue weighted by molar-refractivity contribution is 0.185. The molecule has 10 nitrogen and oxygen atoms in total. The largest absolute Gasteiger partial charge is 0.398 e. The second kappa shape index (κ2) is 18.1. The van der Waals surface area contributed by atoms with E-state index >= 15 is 0 Å². The van der Waals surface area contributed by atoms with E-state index in [0.717, 1.165) is 45.0 Å². The van der Waals surface area contributed by atoms with Crippen molar-refractivity contribution in [2.24, 2.45) is 20.6 Å². The van der Waals surface area contributed by atoms with Gasteiger partial charge in [-0.25, -0.2) is 0 Å². The number of nitrogens with zero attached hydrogens (tertiary/aromatic N) is 4. The fourth-order valence-corrected chi connectivity index (χ4v) is 3.86. The average molecular weight is 571 g/mol. The van der Waals surface area contributed by atoms with Gasteiger partial charge in [0.2, 0.25) is 0 Å². The number of nitrogens with two attached hydrogens (primary N) is 1. The van der Waals surface area contributed by atoms with Gasteiger partial charge in [-0.3, -0.25) is 5.43 Å². The van der Waals surface area contributed by atoms with Gasteiger partial charge in [-0.2, -0.15) is 10.2 Å². The average Bonchev–Trinajstić information content (AvgIpc) is 3.01. The molecule has 220 valence electrons. The number of nitrogens with one attached hydrogen (secondary N) is 1. The monoisotopic (exact) mass is 570 g/mol. The Morgan fingerprint density at radius 2 is 1.05 bits per heavy atom. The molecule has 3 N–H and O–H groups in total. The molecule has 10 heteroatoms. The van der Waals surface area contributed by atoms with Gasteiger partial charge in [0.05, 0.1) is 49.2 Å². The van der Waals surface area contributed by atoms with Gasteiger partial charge in [0.15, 0.2) is 0 Å². The van der Waals surface area contributed by atoms with Crippen molar-refractivity contribution >= 4 is 28.4 Å². The van der Waals surface area contributed by atoms with Gasteiger partial charge in [-0.15, -0.1) is 5.11 Å². The molecule has 4 rings (SSSR count). The number of benzene rings is 4. The summed E-state index contributed by atoms with van der Waals surface area (Å²) in [4.78, 5) is 0. The van der Waals surface area contributed by atoms with E-state index in [4.69, 9.17) is 24.7 Å². The highest BCUT2D eigenvalue weighted by Crippen LogP contribution is 2.26. The SMILES string of the molecule is COCc1cc(N=Nc2ccccc2COC)ccc1N.COCc1ccccc1N=NNc1ccccc1COC. The Bertz CT molecular complexity index is 1440. The lowest BCUT2D eigenvalue weighted by atomic mass is 10.2. The van der Waals surface area contributed by atoms with Crippen LogP contribution in [0, 0.1) is 0 Å². The molecule has 0 atom stereocenters. The van der Waals surface area contributed by atoms with Crippen LogP contribution in [0.4, 0.5) is 28.4 Å². The fraction of sp³-hybridized carbons (Fsp3) is 0.250. The van der Waals surface area contributed by atoms with Crippen LogP contribution in [0.25, 0.3) is 0 Å². The van der Waals surface area contributed by atoms with Gasteiger partial charge < -0.3 is 24.7 Å². The molecule has 0 aliphatic heterocycles. The maximum atomic E-state index is 5.88. The summed E-state index contributed by atoms with van der Waals surface area (Å²) in [6, 6.07) is 28.8. The topological polar surface area (TPSA) is 124 Å². The van der Waals surface area contributed by atoms with Crippen LogP contribution in [0.15, 0.2) is 112 Å². The van der Waals surface area contributed by atoms with Gasteiger partial charge in [0.1, 0.15) is 0 Å². The molecule has 4 aromatic carbocycles. The first-order valence-corrected chi connectivity index (χ1v) is 13.3. The molecule has 0 radical (unpaired) electrons. The zero-order chi connectivity index (χ0) is 30.0. The quantitative estimate of drug-likeness (QED) is 0.0951. The summed E-state index contributed by atoms with van der Waals surface area (Å²) in [7, 11) is 6.62. The van der Waals surface area contributed by atoms with Crippen molar-refractivity contribution in [1.29, 1.82) is 0 Å². The normalized spacial score (nSPS) is 11.0. The molecule has 0 bridgehead atoms. The summed E-state index contributed by atoms with van der Waals surface area (Å²) in [5.74, 6) is 0. The maximum absolute atomic E-state index is 5.88. The Labute approximate surface area is 247 Å². The predicted octanol–water partition coefficient (Wildman–Crippen LogP) is 8.07. The molecule has 0 aromatic heterocycles. The van der Waals surface area contributed by atoms with E-state index in [1.165, 1.54) is 0 Å². The van der Waals surface area contributed by atoms with Gasteiger partial charge in [0, 0.05) is 56.4 Å². The number of hydrogen-bond donors (Lipinski definition) is 2. The number of rotatable bonds is 13. The Morgan fingerprint density at radius 3 is 1.67 bits per heavy atom. The number of hydrogen-bond acceptors (Lipinski definition) is 9. The standard InChI is InChI=1S/2C16H19N3O2/c1-20-11-13-7-3-5-9-15(13)17-19-18-16-10-6-4-8-14(16)12-21-2;1-20-10-12-5-3-4-6-16(12)19-18-14-7-8-15(17)13(9-14)11-21-2/h3-10H,11-12H2,1-2H3,(H,17,18);3-9H,10-11,17H2,1-2H3. The smallest absolute Gasteiger partial charge is 0.0929 e. The maximum Gasteiger partial charge on any atom is 0.0929 e. The van der Waals surface area contributed by atoms with Crippen molar-refractivity contribution in [3.8, 4) is 0 Å². The van der Waals surface area contributed by atoms with Crippen LogP contribution in [0.3, 0.4) is 0 Å². The minimum absolute atomic E-state index is 0.454. The number of para-hydroxylation sites is 1. The molecule has 0 fully saturated rings. The van der Waals surface area contributed by atoms with Crippen molar-refractivity contribution in [2.75, 3.05) is 39.6 Å². The molecule has 4 aromatic rings. The number of azo groups is 1. The minimum Gasteiger partial charge on any atom is -0.398 e. The number of methoxy groups -OCH3 is 4. The number of anilines is 2. The van der Waals surface area contributed by atoms with Crippen molar-refractivity contribution in [3.05, 3.63) is 113 Å². The van der Waals surface area contributed by atoms with Gasteiger partial charge in [-0.1, -0.05) is 59.8 Å². The van der Waals surface area contributed by atoms with Crippen molar-refractivity contribution in [3.63, 3.8) is 0 Å². The molecule has 0 unspecified atom stereocenters. The highest BCUT2D eigenvalue weighted by atomic mass is 16.5. The van der Waals surface area contributed by atoms with Crippen LogP contribution in [0.2, 0.25) is 0 Å². The first-order chi connectivity index (χ1) is 20.6. The van der Waals surface area contributed by atoms with Gasteiger partial charge in [0.25, 0.3) is 0 Å². The zero-order valence-corrected chi connectivity index (χ0v) is 24.5. The summed E-state index contributed by atoms with van der Waals surface area (Å²) in [6.45, 7) is 2.00. The van der Waals surface area contributed by atoms with Crippen molar-refractivity contribution in [2.45, 2.75) is 26.4 Å². The first kappa shape index (κ1) is 32.0. The predicted molar refractivity (Wildman–Crippen MR) is 165 cm³/mol. The molecular weight excluding hydrogens is 532 g/mol. The molecule has 42 heavy (non-hydrogen) atoms. The second-order valence-corrected chi connectivity index (χ2v) is 9.04. The highest BCUT2D eigenvalue weighted by Gasteiger charge is 2.03. The van der Waals surface area contributed by atoms with Crippen molar-refractivity contribution in [1.82, 2.24) is 0 Å². The lowest BCUT2D eigenvalue weighted by Gasteiger charge is -2.07. The number of ether oxygens (including phenoxy) is 4. The van der Waals surface area contributed by atoms with Crippen LogP contribution in [0.5, 0.6) is 0 Å². The van der Waals surface area contributed by atoms with Crippen LogP contribution in [-0.2, 0) is 45.4 Å². The van der Waals surface area contributed by atoms with Gasteiger partial charge in [-0.05, 0) is 36.4 Å². The summed E-state index contributed by atoms with van der Waals surface area (Å²) in [5.41, 5.74) is 16.7. The van der Waals surface area contributed by atoms with E-state index in [9.17, 15) is 0 Å². The van der Waals surface area contributed by atoms with E-state index in [-0.39, 0.29) is 0 Å². The third-order valence-electron chi connectivity index (χ3n) is 5.93.